The van der Waals surface area contributed by atoms with Gasteiger partial charge in [0.2, 0.25) is 0 Å². The molecule has 0 aromatic heterocycles. The number of benzene rings is 1. The van der Waals surface area contributed by atoms with Crippen molar-refractivity contribution in [2.45, 2.75) is 12.3 Å². The predicted molar refractivity (Wildman–Crippen MR) is 47.0 cm³/mol. The van der Waals surface area contributed by atoms with Gasteiger partial charge in [-0.05, 0) is 18.2 Å². The molecular weight excluding hydrogens is 217 g/mol. The zero-order valence-corrected chi connectivity index (χ0v) is 7.86. The van der Waals surface area contributed by atoms with Crippen molar-refractivity contribution in [3.63, 3.8) is 0 Å². The maximum atomic E-state index is 13.1. The summed E-state index contributed by atoms with van der Waals surface area (Å²) in [7, 11) is 0. The number of hydrogen-bond acceptors (Lipinski definition) is 1. The SMILES string of the molecule is OCCC(F)(F)c1cc(F)cc(Cl)c1. The first-order chi connectivity index (χ1) is 6.45. The van der Waals surface area contributed by atoms with E-state index in [0.29, 0.717) is 6.07 Å². The minimum atomic E-state index is -3.25. The lowest BCUT2D eigenvalue weighted by atomic mass is 10.1. The molecule has 0 aliphatic rings. The first-order valence-electron chi connectivity index (χ1n) is 3.91. The first-order valence-corrected chi connectivity index (χ1v) is 4.29. The summed E-state index contributed by atoms with van der Waals surface area (Å²) in [4.78, 5) is 0. The summed E-state index contributed by atoms with van der Waals surface area (Å²) < 4.78 is 39.0. The molecule has 0 aliphatic carbocycles. The third-order valence-corrected chi connectivity index (χ3v) is 1.93. The van der Waals surface area contributed by atoms with E-state index in [1.165, 1.54) is 0 Å². The largest absolute Gasteiger partial charge is 0.396 e. The van der Waals surface area contributed by atoms with Crippen molar-refractivity contribution in [3.8, 4) is 0 Å². The molecule has 0 amide bonds. The first kappa shape index (κ1) is 11.3. The van der Waals surface area contributed by atoms with Gasteiger partial charge in [0.15, 0.2) is 0 Å². The third-order valence-electron chi connectivity index (χ3n) is 1.71. The van der Waals surface area contributed by atoms with Gasteiger partial charge in [0.25, 0.3) is 5.92 Å². The van der Waals surface area contributed by atoms with Crippen LogP contribution < -0.4 is 0 Å². The summed E-state index contributed by atoms with van der Waals surface area (Å²) >= 11 is 5.42. The highest BCUT2D eigenvalue weighted by atomic mass is 35.5. The van der Waals surface area contributed by atoms with Crippen LogP contribution in [0.3, 0.4) is 0 Å². The minimum absolute atomic E-state index is 0.0855. The summed E-state index contributed by atoms with van der Waals surface area (Å²) in [5.41, 5.74) is -0.517. The zero-order chi connectivity index (χ0) is 10.8. The summed E-state index contributed by atoms with van der Waals surface area (Å²) in [6, 6.07) is 2.64. The Hall–Kier alpha value is -0.740. The van der Waals surface area contributed by atoms with Gasteiger partial charge in [-0.1, -0.05) is 11.6 Å². The number of aliphatic hydroxyl groups is 1. The molecule has 0 heterocycles. The Morgan fingerprint density at radius 3 is 2.43 bits per heavy atom. The molecule has 78 valence electrons. The highest BCUT2D eigenvalue weighted by molar-refractivity contribution is 6.30. The molecule has 0 unspecified atom stereocenters. The van der Waals surface area contributed by atoms with Crippen molar-refractivity contribution in [1.29, 1.82) is 0 Å². The van der Waals surface area contributed by atoms with E-state index in [-0.39, 0.29) is 5.02 Å². The maximum absolute atomic E-state index is 13.1. The molecule has 0 atom stereocenters. The van der Waals surface area contributed by atoms with E-state index in [2.05, 4.69) is 0 Å². The molecule has 0 fully saturated rings. The molecule has 0 aliphatic heterocycles. The molecule has 0 spiro atoms. The Balaban J connectivity index is 3.05. The van der Waals surface area contributed by atoms with Crippen LogP contribution in [0.1, 0.15) is 12.0 Å². The quantitative estimate of drug-likeness (QED) is 0.837. The molecule has 0 radical (unpaired) electrons. The lowest BCUT2D eigenvalue weighted by Crippen LogP contribution is -2.15. The second-order valence-electron chi connectivity index (χ2n) is 2.84. The van der Waals surface area contributed by atoms with Crippen molar-refractivity contribution >= 4 is 11.6 Å². The van der Waals surface area contributed by atoms with Gasteiger partial charge in [0, 0.05) is 23.6 Å². The Labute approximate surface area is 84.1 Å². The van der Waals surface area contributed by atoms with Gasteiger partial charge >= 0.3 is 0 Å². The van der Waals surface area contributed by atoms with Crippen molar-refractivity contribution in [2.75, 3.05) is 6.61 Å². The Morgan fingerprint density at radius 2 is 1.93 bits per heavy atom. The Morgan fingerprint density at radius 1 is 1.29 bits per heavy atom. The fraction of sp³-hybridized carbons (Fsp3) is 0.333. The molecule has 1 rings (SSSR count). The molecule has 1 aromatic rings. The van der Waals surface area contributed by atoms with E-state index in [1.54, 1.807) is 0 Å². The zero-order valence-electron chi connectivity index (χ0n) is 7.11. The van der Waals surface area contributed by atoms with Crippen LogP contribution in [-0.2, 0) is 5.92 Å². The van der Waals surface area contributed by atoms with Crippen LogP contribution in [0.25, 0.3) is 0 Å². The summed E-state index contributed by atoms with van der Waals surface area (Å²) in [5, 5.41) is 8.31. The van der Waals surface area contributed by atoms with E-state index < -0.39 is 30.3 Å². The van der Waals surface area contributed by atoms with Crippen LogP contribution in [0.4, 0.5) is 13.2 Å². The molecule has 0 bridgehead atoms. The predicted octanol–water partition coefficient (Wildman–Crippen LogP) is 2.95. The third kappa shape index (κ3) is 2.62. The number of rotatable bonds is 3. The molecule has 0 saturated heterocycles. The fourth-order valence-electron chi connectivity index (χ4n) is 1.05. The Kier molecular flexibility index (Phi) is 3.39. The van der Waals surface area contributed by atoms with Crippen molar-refractivity contribution in [3.05, 3.63) is 34.6 Å². The van der Waals surface area contributed by atoms with Gasteiger partial charge in [-0.15, -0.1) is 0 Å². The monoisotopic (exact) mass is 224 g/mol. The molecule has 1 aromatic carbocycles. The highest BCUT2D eigenvalue weighted by Crippen LogP contribution is 2.33. The van der Waals surface area contributed by atoms with E-state index >= 15 is 0 Å². The van der Waals surface area contributed by atoms with Crippen molar-refractivity contribution in [2.24, 2.45) is 0 Å². The second kappa shape index (κ2) is 4.19. The number of halogens is 4. The van der Waals surface area contributed by atoms with Crippen LogP contribution in [0.15, 0.2) is 18.2 Å². The standard InChI is InChI=1S/C9H8ClF3O/c10-7-3-6(4-8(11)5-7)9(12,13)1-2-14/h3-5,14H,1-2H2. The summed E-state index contributed by atoms with van der Waals surface area (Å²) in [6.07, 6.45) is -0.743. The van der Waals surface area contributed by atoms with E-state index in [4.69, 9.17) is 16.7 Å². The number of hydrogen-bond donors (Lipinski definition) is 1. The highest BCUT2D eigenvalue weighted by Gasteiger charge is 2.31. The molecule has 0 saturated carbocycles. The normalized spacial score (nSPS) is 11.8. The van der Waals surface area contributed by atoms with Gasteiger partial charge in [0.1, 0.15) is 5.82 Å². The average Bonchev–Trinajstić information content (AvgIpc) is 2.02. The second-order valence-corrected chi connectivity index (χ2v) is 3.27. The van der Waals surface area contributed by atoms with Crippen LogP contribution in [0.2, 0.25) is 5.02 Å². The molecule has 14 heavy (non-hydrogen) atoms. The van der Waals surface area contributed by atoms with E-state index in [1.807, 2.05) is 0 Å². The lowest BCUT2D eigenvalue weighted by Gasteiger charge is -2.15. The Bertz CT molecular complexity index is 308. The number of alkyl halides is 2. The lowest BCUT2D eigenvalue weighted by molar-refractivity contribution is -0.0272. The summed E-state index contributed by atoms with van der Waals surface area (Å²) in [5.74, 6) is -4.06. The topological polar surface area (TPSA) is 20.2 Å². The molecular formula is C9H8ClF3O. The van der Waals surface area contributed by atoms with Crippen LogP contribution >= 0.6 is 11.6 Å². The van der Waals surface area contributed by atoms with Crippen LogP contribution in [-0.4, -0.2) is 11.7 Å². The summed E-state index contributed by atoms with van der Waals surface area (Å²) in [6.45, 7) is -0.666. The van der Waals surface area contributed by atoms with Crippen molar-refractivity contribution in [1.82, 2.24) is 0 Å². The van der Waals surface area contributed by atoms with E-state index in [0.717, 1.165) is 12.1 Å². The number of aliphatic hydroxyl groups excluding tert-OH is 1. The molecule has 1 N–H and O–H groups in total. The van der Waals surface area contributed by atoms with Gasteiger partial charge < -0.3 is 5.11 Å². The van der Waals surface area contributed by atoms with Gasteiger partial charge in [-0.25, -0.2) is 13.2 Å². The van der Waals surface area contributed by atoms with Crippen LogP contribution in [0, 0.1) is 5.82 Å². The van der Waals surface area contributed by atoms with Crippen LogP contribution in [0.5, 0.6) is 0 Å². The minimum Gasteiger partial charge on any atom is -0.396 e. The smallest absolute Gasteiger partial charge is 0.275 e. The maximum Gasteiger partial charge on any atom is 0.275 e. The average molecular weight is 225 g/mol. The molecule has 5 heteroatoms. The molecule has 1 nitrogen and oxygen atoms in total. The van der Waals surface area contributed by atoms with Gasteiger partial charge in [-0.3, -0.25) is 0 Å². The van der Waals surface area contributed by atoms with Crippen molar-refractivity contribution < 1.29 is 18.3 Å². The van der Waals surface area contributed by atoms with E-state index in [9.17, 15) is 13.2 Å². The van der Waals surface area contributed by atoms with Gasteiger partial charge in [0.05, 0.1) is 0 Å². The van der Waals surface area contributed by atoms with Gasteiger partial charge in [-0.2, -0.15) is 0 Å². The fourth-order valence-corrected chi connectivity index (χ4v) is 1.27.